The third kappa shape index (κ3) is 26.3. The summed E-state index contributed by atoms with van der Waals surface area (Å²) in [4.78, 5) is 13.3. The number of carbonyl (C=O) groups is 1. The number of rotatable bonds is 25. The van der Waals surface area contributed by atoms with Crippen molar-refractivity contribution in [2.75, 3.05) is 0 Å². The highest BCUT2D eigenvalue weighted by Gasteiger charge is 2.36. The Bertz CT molecular complexity index is 2710. The van der Waals surface area contributed by atoms with Crippen molar-refractivity contribution in [1.82, 2.24) is 5.32 Å². The van der Waals surface area contributed by atoms with E-state index in [0.717, 1.165) is 34.2 Å². The summed E-state index contributed by atoms with van der Waals surface area (Å²) in [5, 5.41) is 68.8. The van der Waals surface area contributed by atoms with Crippen molar-refractivity contribution in [3.8, 4) is 17.2 Å². The zero-order chi connectivity index (χ0) is 62.4. The first-order valence-electron chi connectivity index (χ1n) is 28.8. The molecule has 21 nitrogen and oxygen atoms in total. The summed E-state index contributed by atoms with van der Waals surface area (Å²) in [6.45, 7) is 12.2. The molecule has 0 radical (unpaired) electrons. The second-order valence-corrected chi connectivity index (χ2v) is 22.5. The normalized spacial score (nSPS) is 23.3. The number of ether oxygens (including phenoxy) is 7. The van der Waals surface area contributed by atoms with Gasteiger partial charge in [0.15, 0.2) is 18.9 Å². The number of benzene rings is 4. The Balaban J connectivity index is 0.00000162. The molecule has 0 spiro atoms. The van der Waals surface area contributed by atoms with Crippen LogP contribution < -0.4 is 5.32 Å². The lowest BCUT2D eigenvalue weighted by atomic mass is 9.95. The molecule has 3 aliphatic heterocycles. The Kier molecular flexibility index (Phi) is 32.9. The summed E-state index contributed by atoms with van der Waals surface area (Å²) in [6, 6.07) is 23.9. The van der Waals surface area contributed by atoms with Gasteiger partial charge in [-0.25, -0.2) is 4.79 Å². The number of nitrogens with one attached hydrogen (secondary N) is 1. The summed E-state index contributed by atoms with van der Waals surface area (Å²) in [7, 11) is 0. The largest absolute Gasteiger partial charge is 0.507 e. The van der Waals surface area contributed by atoms with Gasteiger partial charge < -0.3 is 69.1 Å². The van der Waals surface area contributed by atoms with E-state index in [1.165, 1.54) is 0 Å². The fourth-order valence-electron chi connectivity index (χ4n) is 10.8. The predicted molar refractivity (Wildman–Crippen MR) is 314 cm³/mol. The van der Waals surface area contributed by atoms with Gasteiger partial charge in [0, 0.05) is 42.5 Å². The number of aliphatic hydroxyl groups is 3. The van der Waals surface area contributed by atoms with Crippen LogP contribution in [0.3, 0.4) is 0 Å². The fraction of sp³-hybridized carbons (Fsp3) is 0.590. The minimum Gasteiger partial charge on any atom is -0.507 e. The Morgan fingerprint density at radius 1 is 0.529 bits per heavy atom. The summed E-state index contributed by atoms with van der Waals surface area (Å²) in [5.74, 6) is 0.314. The van der Waals surface area contributed by atoms with Crippen LogP contribution in [0.5, 0.6) is 17.2 Å². The summed E-state index contributed by atoms with van der Waals surface area (Å²) >= 11 is -2.25. The molecule has 85 heavy (non-hydrogen) atoms. The minimum absolute atomic E-state index is 0.0275. The van der Waals surface area contributed by atoms with E-state index in [0.29, 0.717) is 100 Å². The number of aliphatic hydroxyl groups excluding tert-OH is 3. The Morgan fingerprint density at radius 3 is 1.40 bits per heavy atom. The average Bonchev–Trinajstić information content (AvgIpc) is 3.56. The molecule has 4 aromatic rings. The molecule has 3 heterocycles. The van der Waals surface area contributed by atoms with Crippen molar-refractivity contribution >= 4 is 40.8 Å². The maximum Gasteiger partial charge on any atom is 0.407 e. The molecule has 0 saturated carbocycles. The maximum absolute atomic E-state index is 13.3. The first-order chi connectivity index (χ1) is 40.7. The monoisotopic (exact) mass is 1250 g/mol. The number of amides is 1. The molecular formula is C61H85NO20S3. The number of phenolic OH excluding ortho intramolecular Hbond substituents is 3. The van der Waals surface area contributed by atoms with Gasteiger partial charge in [0.05, 0.1) is 54.9 Å². The van der Waals surface area contributed by atoms with Crippen molar-refractivity contribution in [2.45, 2.75) is 231 Å². The number of alkyl carbamates (subject to hydrolysis) is 1. The number of hydrogen-bond acceptors (Lipinski definition) is 20. The van der Waals surface area contributed by atoms with Gasteiger partial charge in [0.2, 0.25) is 0 Å². The second kappa shape index (κ2) is 38.7. The predicted octanol–water partition coefficient (Wildman–Crippen LogP) is 9.43. The van der Waals surface area contributed by atoms with E-state index in [9.17, 15) is 35.4 Å². The van der Waals surface area contributed by atoms with Gasteiger partial charge in [-0.3, -0.25) is 0 Å². The van der Waals surface area contributed by atoms with Crippen molar-refractivity contribution in [3.05, 3.63) is 123 Å². The molecule has 3 saturated heterocycles. The highest BCUT2D eigenvalue weighted by atomic mass is 32.1. The van der Waals surface area contributed by atoms with Crippen molar-refractivity contribution in [1.29, 1.82) is 0 Å². The maximum atomic E-state index is 13.3. The van der Waals surface area contributed by atoms with Crippen molar-refractivity contribution in [2.24, 2.45) is 0 Å². The molecule has 0 aliphatic carbocycles. The lowest BCUT2D eigenvalue weighted by Gasteiger charge is -2.37. The molecule has 0 aromatic heterocycles. The fourth-order valence-corrected chi connectivity index (χ4v) is 10.8. The summed E-state index contributed by atoms with van der Waals surface area (Å²) in [5.41, 5.74) is 6.69. The number of carbonyl (C=O) groups excluding carboxylic acids is 1. The molecule has 7 N–H and O–H groups in total. The molecule has 0 bridgehead atoms. The van der Waals surface area contributed by atoms with E-state index in [2.05, 4.69) is 12.2 Å². The van der Waals surface area contributed by atoms with Crippen LogP contribution in [-0.4, -0.2) is 123 Å². The van der Waals surface area contributed by atoms with E-state index in [4.69, 9.17) is 58.4 Å². The van der Waals surface area contributed by atoms with E-state index in [1.54, 1.807) is 18.2 Å². The molecule has 4 aromatic carbocycles. The van der Waals surface area contributed by atoms with Crippen molar-refractivity contribution in [3.63, 3.8) is 0 Å². The van der Waals surface area contributed by atoms with Crippen LogP contribution in [0.2, 0.25) is 0 Å². The van der Waals surface area contributed by atoms with Crippen LogP contribution >= 0.6 is 0 Å². The Hall–Kier alpha value is -5.35. The third-order valence-electron chi connectivity index (χ3n) is 15.0. The smallest absolute Gasteiger partial charge is 0.407 e. The summed E-state index contributed by atoms with van der Waals surface area (Å²) < 4.78 is 93.7. The molecule has 24 heteroatoms. The van der Waals surface area contributed by atoms with Gasteiger partial charge in [-0.1, -0.05) is 71.6 Å². The standard InChI is InChI=1S/C61H85NO14.3O2S/c1-7-46-34-48(72-59(71-46)53-28-39(4)20-25-56(53)67)13-8-11-43(63)31-45(65)33-47(76-61(69)62-36-42-22-17-37(2)18-23-42)15-10-16-50-35-49(73-60(74-50)54-29-40(5)21-26-57(54)68)14-9-12-44(64)32-51-30-41(6)70-58(75-51)52-27-38(3)19-24-55(52)66;3*1-3-2/h17-29,41,43-51,58-60,63-68H,7-16,30-36H2,1-6H3,(H,62,69);;;/t41-,43?,44?,45?,46?,47?,48?,49?,50?,51?,58?,59?,60?;;;/m0.../s1. The molecule has 1 amide bonds. The zero-order valence-electron chi connectivity index (χ0n) is 49.2. The highest BCUT2D eigenvalue weighted by Crippen LogP contribution is 2.41. The minimum atomic E-state index is -0.945. The van der Waals surface area contributed by atoms with Gasteiger partial charge in [-0.2, -0.15) is 25.3 Å². The van der Waals surface area contributed by atoms with Crippen LogP contribution in [0.15, 0.2) is 78.9 Å². The summed E-state index contributed by atoms with van der Waals surface area (Å²) in [6.07, 6.45) is 1.70. The molecule has 13 atom stereocenters. The van der Waals surface area contributed by atoms with E-state index in [1.807, 2.05) is 95.3 Å². The van der Waals surface area contributed by atoms with Crippen LogP contribution in [0.4, 0.5) is 4.79 Å². The van der Waals surface area contributed by atoms with Crippen LogP contribution in [-0.2, 0) is 74.4 Å². The van der Waals surface area contributed by atoms with Gasteiger partial charge in [-0.15, -0.1) is 0 Å². The number of hydrogen-bond donors (Lipinski definition) is 7. The van der Waals surface area contributed by atoms with Crippen LogP contribution in [0.25, 0.3) is 0 Å². The molecule has 472 valence electrons. The van der Waals surface area contributed by atoms with E-state index >= 15 is 0 Å². The molecule has 7 rings (SSSR count). The lowest BCUT2D eigenvalue weighted by Crippen LogP contribution is -2.35. The lowest BCUT2D eigenvalue weighted by molar-refractivity contribution is -0.251. The van der Waals surface area contributed by atoms with Crippen molar-refractivity contribution < 1.29 is 93.8 Å². The second-order valence-electron chi connectivity index (χ2n) is 22.1. The topological polar surface area (TPSA) is 318 Å². The highest BCUT2D eigenvalue weighted by molar-refractivity contribution is 7.52. The van der Waals surface area contributed by atoms with Gasteiger partial charge in [0.1, 0.15) is 23.4 Å². The number of phenols is 3. The van der Waals surface area contributed by atoms with Gasteiger partial charge in [0.25, 0.3) is 0 Å². The SMILES string of the molecule is CCC1CC(CCCC(O)CC(O)CC(CCCC2CC(CCCC(O)CC3C[C@H](C)OC(c4cc(C)ccc4O)O3)OC(c3cc(C)ccc3O)O2)OC(=O)NCc2ccc(C)cc2)OC(c2cc(C)ccc2O)O1.O=S=O.O=S=O.O=S=O. The Morgan fingerprint density at radius 2 is 0.929 bits per heavy atom. The van der Waals surface area contributed by atoms with Crippen LogP contribution in [0, 0.1) is 27.7 Å². The third-order valence-corrected chi connectivity index (χ3v) is 15.0. The molecule has 12 unspecified atom stereocenters. The van der Waals surface area contributed by atoms with Gasteiger partial charge >= 0.3 is 40.8 Å². The number of aromatic hydroxyl groups is 3. The van der Waals surface area contributed by atoms with E-state index in [-0.39, 0.29) is 73.3 Å². The van der Waals surface area contributed by atoms with Gasteiger partial charge in [-0.05, 0) is 160 Å². The molecule has 3 aliphatic rings. The molecule has 3 fully saturated rings. The zero-order valence-corrected chi connectivity index (χ0v) is 51.6. The van der Waals surface area contributed by atoms with Crippen LogP contribution in [0.1, 0.15) is 180 Å². The van der Waals surface area contributed by atoms with E-state index < -0.39 is 84.1 Å². The average molecular weight is 1250 g/mol. The first kappa shape index (κ1) is 72.1. The number of aryl methyl sites for hydroxylation is 4. The first-order valence-corrected chi connectivity index (χ1v) is 30.8. The Labute approximate surface area is 508 Å². The molecular weight excluding hydrogens is 1160 g/mol. The quantitative estimate of drug-likeness (QED) is 0.0325.